The van der Waals surface area contributed by atoms with Gasteiger partial charge in [0.25, 0.3) is 0 Å². The fourth-order valence-corrected chi connectivity index (χ4v) is 2.51. The molecule has 1 aromatic heterocycles. The summed E-state index contributed by atoms with van der Waals surface area (Å²) in [6.45, 7) is 2.05. The molecule has 0 amide bonds. The predicted molar refractivity (Wildman–Crippen MR) is 102 cm³/mol. The van der Waals surface area contributed by atoms with Crippen LogP contribution in [0.25, 0.3) is 0 Å². The van der Waals surface area contributed by atoms with E-state index >= 15 is 0 Å². The summed E-state index contributed by atoms with van der Waals surface area (Å²) in [7, 11) is 0. The first-order chi connectivity index (χ1) is 13.0. The molecule has 7 heteroatoms. The van der Waals surface area contributed by atoms with Crippen LogP contribution in [0.1, 0.15) is 27.4 Å². The Morgan fingerprint density at radius 2 is 1.93 bits per heavy atom. The van der Waals surface area contributed by atoms with Gasteiger partial charge in [-0.25, -0.2) is 4.79 Å². The SMILES string of the molecule is Cc1cc(Cl)ccc1OCc1ccc(C(=O)O/N=C(\N)c2ccccc2)o1. The third kappa shape index (κ3) is 4.89. The van der Waals surface area contributed by atoms with E-state index in [1.165, 1.54) is 6.07 Å². The van der Waals surface area contributed by atoms with Gasteiger partial charge in [0.15, 0.2) is 5.84 Å². The fourth-order valence-electron chi connectivity index (χ4n) is 2.29. The fraction of sp³-hybridized carbons (Fsp3) is 0.100. The maximum absolute atomic E-state index is 12.0. The van der Waals surface area contributed by atoms with Crippen molar-refractivity contribution in [2.75, 3.05) is 0 Å². The average Bonchev–Trinajstić information content (AvgIpc) is 3.15. The molecule has 0 atom stereocenters. The van der Waals surface area contributed by atoms with Crippen LogP contribution in [0.2, 0.25) is 5.02 Å². The number of benzene rings is 2. The van der Waals surface area contributed by atoms with E-state index in [4.69, 9.17) is 31.3 Å². The molecule has 3 rings (SSSR count). The van der Waals surface area contributed by atoms with Gasteiger partial charge in [0.1, 0.15) is 18.1 Å². The number of nitrogens with two attached hydrogens (primary N) is 1. The summed E-state index contributed by atoms with van der Waals surface area (Å²) in [6.07, 6.45) is 0. The highest BCUT2D eigenvalue weighted by atomic mass is 35.5. The second-order valence-corrected chi connectivity index (χ2v) is 6.12. The van der Waals surface area contributed by atoms with Gasteiger partial charge in [-0.05, 0) is 42.8 Å². The molecule has 2 aromatic carbocycles. The highest BCUT2D eigenvalue weighted by Gasteiger charge is 2.14. The zero-order chi connectivity index (χ0) is 19.2. The number of halogens is 1. The zero-order valence-corrected chi connectivity index (χ0v) is 15.3. The Kier molecular flexibility index (Phi) is 5.78. The summed E-state index contributed by atoms with van der Waals surface area (Å²) >= 11 is 5.92. The molecule has 2 N–H and O–H groups in total. The Balaban J connectivity index is 1.59. The molecule has 0 spiro atoms. The van der Waals surface area contributed by atoms with E-state index in [-0.39, 0.29) is 18.2 Å². The third-order valence-electron chi connectivity index (χ3n) is 3.67. The topological polar surface area (TPSA) is 87.0 Å². The number of hydrogen-bond acceptors (Lipinski definition) is 5. The molecule has 1 heterocycles. The summed E-state index contributed by atoms with van der Waals surface area (Å²) in [5, 5.41) is 4.27. The summed E-state index contributed by atoms with van der Waals surface area (Å²) < 4.78 is 11.1. The molecule has 0 aliphatic heterocycles. The molecule has 3 aromatic rings. The Morgan fingerprint density at radius 1 is 1.15 bits per heavy atom. The normalized spacial score (nSPS) is 11.3. The third-order valence-corrected chi connectivity index (χ3v) is 3.90. The van der Waals surface area contributed by atoms with Crippen LogP contribution in [0.3, 0.4) is 0 Å². The van der Waals surface area contributed by atoms with E-state index in [0.29, 0.717) is 22.1 Å². The number of rotatable bonds is 6. The smallest absolute Gasteiger partial charge is 0.400 e. The van der Waals surface area contributed by atoms with Crippen molar-refractivity contribution in [2.24, 2.45) is 10.9 Å². The van der Waals surface area contributed by atoms with Gasteiger partial charge in [-0.15, -0.1) is 0 Å². The van der Waals surface area contributed by atoms with Gasteiger partial charge in [0.2, 0.25) is 5.76 Å². The minimum absolute atomic E-state index is 0.00559. The molecule has 0 fully saturated rings. The van der Waals surface area contributed by atoms with Gasteiger partial charge < -0.3 is 19.7 Å². The lowest BCUT2D eigenvalue weighted by atomic mass is 10.2. The number of amidine groups is 1. The molecule has 0 saturated carbocycles. The van der Waals surface area contributed by atoms with Crippen molar-refractivity contribution in [3.63, 3.8) is 0 Å². The van der Waals surface area contributed by atoms with Gasteiger partial charge in [0.05, 0.1) is 0 Å². The van der Waals surface area contributed by atoms with Crippen LogP contribution in [-0.4, -0.2) is 11.8 Å². The number of aryl methyl sites for hydroxylation is 1. The van der Waals surface area contributed by atoms with Crippen molar-refractivity contribution in [3.05, 3.63) is 88.3 Å². The molecule has 0 radical (unpaired) electrons. The molecule has 0 unspecified atom stereocenters. The van der Waals surface area contributed by atoms with Crippen molar-refractivity contribution in [3.8, 4) is 5.75 Å². The predicted octanol–water partition coefficient (Wildman–Crippen LogP) is 4.30. The van der Waals surface area contributed by atoms with Crippen molar-refractivity contribution >= 4 is 23.4 Å². The standard InChI is InChI=1S/C20H17ClN2O4/c1-13-11-15(21)7-9-17(13)25-12-16-8-10-18(26-16)20(24)27-23-19(22)14-5-3-2-4-6-14/h2-11H,12H2,1H3,(H2,22,23). The Labute approximate surface area is 161 Å². The maximum Gasteiger partial charge on any atom is 0.400 e. The van der Waals surface area contributed by atoms with Crippen molar-refractivity contribution < 1.29 is 18.8 Å². The van der Waals surface area contributed by atoms with Crippen LogP contribution in [0.15, 0.2) is 70.2 Å². The highest BCUT2D eigenvalue weighted by Crippen LogP contribution is 2.23. The number of carbonyl (C=O) groups excluding carboxylic acids is 1. The van der Waals surface area contributed by atoms with Gasteiger partial charge in [-0.2, -0.15) is 0 Å². The first kappa shape index (κ1) is 18.5. The van der Waals surface area contributed by atoms with E-state index in [9.17, 15) is 4.79 Å². The molecule has 0 saturated heterocycles. The number of furan rings is 1. The Hall–Kier alpha value is -3.25. The maximum atomic E-state index is 12.0. The monoisotopic (exact) mass is 384 g/mol. The largest absolute Gasteiger partial charge is 0.485 e. The van der Waals surface area contributed by atoms with Gasteiger partial charge >= 0.3 is 5.97 Å². The summed E-state index contributed by atoms with van der Waals surface area (Å²) in [5.74, 6) is 0.502. The van der Waals surface area contributed by atoms with E-state index in [1.807, 2.05) is 13.0 Å². The van der Waals surface area contributed by atoms with E-state index < -0.39 is 5.97 Å². The van der Waals surface area contributed by atoms with Crippen molar-refractivity contribution in [2.45, 2.75) is 13.5 Å². The van der Waals surface area contributed by atoms with Crippen molar-refractivity contribution in [1.29, 1.82) is 0 Å². The number of ether oxygens (including phenoxy) is 1. The van der Waals surface area contributed by atoms with Crippen LogP contribution < -0.4 is 10.5 Å². The van der Waals surface area contributed by atoms with Crippen LogP contribution in [0, 0.1) is 6.92 Å². The molecule has 0 aliphatic rings. The lowest BCUT2D eigenvalue weighted by molar-refractivity contribution is 0.0475. The summed E-state index contributed by atoms with van der Waals surface area (Å²) in [5.41, 5.74) is 7.33. The van der Waals surface area contributed by atoms with Crippen molar-refractivity contribution in [1.82, 2.24) is 0 Å². The Morgan fingerprint density at radius 3 is 2.67 bits per heavy atom. The number of carbonyl (C=O) groups is 1. The molecular formula is C20H17ClN2O4. The van der Waals surface area contributed by atoms with Gasteiger partial charge in [-0.3, -0.25) is 0 Å². The van der Waals surface area contributed by atoms with Crippen LogP contribution in [0.5, 0.6) is 5.75 Å². The van der Waals surface area contributed by atoms with Gasteiger partial charge in [-0.1, -0.05) is 47.1 Å². The minimum atomic E-state index is -0.747. The summed E-state index contributed by atoms with van der Waals surface area (Å²) in [6, 6.07) is 17.4. The lowest BCUT2D eigenvalue weighted by Gasteiger charge is -2.07. The molecule has 6 nitrogen and oxygen atoms in total. The quantitative estimate of drug-likeness (QED) is 0.296. The van der Waals surface area contributed by atoms with E-state index in [0.717, 1.165) is 5.56 Å². The second kappa shape index (κ2) is 8.42. The number of nitrogens with zero attached hydrogens (tertiary/aromatic N) is 1. The van der Waals surface area contributed by atoms with Gasteiger partial charge in [0, 0.05) is 10.6 Å². The Bertz CT molecular complexity index is 967. The number of oxime groups is 1. The number of hydrogen-bond donors (Lipinski definition) is 1. The zero-order valence-electron chi connectivity index (χ0n) is 14.5. The van der Waals surface area contributed by atoms with E-state index in [1.54, 1.807) is 48.5 Å². The second-order valence-electron chi connectivity index (χ2n) is 5.69. The first-order valence-electron chi connectivity index (χ1n) is 8.11. The molecule has 0 bridgehead atoms. The van der Waals surface area contributed by atoms with Crippen LogP contribution in [-0.2, 0) is 11.4 Å². The molecular weight excluding hydrogens is 368 g/mol. The first-order valence-corrected chi connectivity index (χ1v) is 8.48. The minimum Gasteiger partial charge on any atom is -0.485 e. The summed E-state index contributed by atoms with van der Waals surface area (Å²) in [4.78, 5) is 16.9. The average molecular weight is 385 g/mol. The molecule has 0 aliphatic carbocycles. The van der Waals surface area contributed by atoms with Crippen LogP contribution in [0.4, 0.5) is 0 Å². The lowest BCUT2D eigenvalue weighted by Crippen LogP contribution is -2.15. The van der Waals surface area contributed by atoms with Crippen LogP contribution >= 0.6 is 11.6 Å². The molecule has 138 valence electrons. The molecule has 27 heavy (non-hydrogen) atoms. The van der Waals surface area contributed by atoms with E-state index in [2.05, 4.69) is 5.16 Å². The highest BCUT2D eigenvalue weighted by molar-refractivity contribution is 6.30.